The summed E-state index contributed by atoms with van der Waals surface area (Å²) >= 11 is 2.29. The summed E-state index contributed by atoms with van der Waals surface area (Å²) in [4.78, 5) is 0. The molecule has 0 amide bonds. The van der Waals surface area contributed by atoms with Crippen molar-refractivity contribution in [3.63, 3.8) is 0 Å². The zero-order chi connectivity index (χ0) is 14.4. The molecule has 0 saturated carbocycles. The Balaban J connectivity index is 2.00. The van der Waals surface area contributed by atoms with Gasteiger partial charge in [0.1, 0.15) is 11.8 Å². The Bertz CT molecular complexity index is 587. The average Bonchev–Trinajstić information content (AvgIpc) is 2.48. The third-order valence-corrected chi connectivity index (χ3v) is 3.63. The SMILES string of the molecule is CC(Nc1ccc(I)cc1)c1ccc(OCC#N)cc1. The van der Waals surface area contributed by atoms with Crippen LogP contribution in [0.15, 0.2) is 48.5 Å². The van der Waals surface area contributed by atoms with Crippen molar-refractivity contribution in [2.24, 2.45) is 0 Å². The fraction of sp³-hybridized carbons (Fsp3) is 0.188. The molecule has 20 heavy (non-hydrogen) atoms. The number of nitrogens with zero attached hydrogens (tertiary/aromatic N) is 1. The van der Waals surface area contributed by atoms with Gasteiger partial charge in [-0.05, 0) is 71.5 Å². The molecule has 0 radical (unpaired) electrons. The molecule has 0 spiro atoms. The molecule has 1 N–H and O–H groups in total. The van der Waals surface area contributed by atoms with Crippen molar-refractivity contribution in [1.29, 1.82) is 5.26 Å². The Morgan fingerprint density at radius 3 is 2.40 bits per heavy atom. The molecule has 0 aliphatic heterocycles. The van der Waals surface area contributed by atoms with Crippen LogP contribution < -0.4 is 10.1 Å². The van der Waals surface area contributed by atoms with Crippen LogP contribution in [0.3, 0.4) is 0 Å². The molecule has 0 bridgehead atoms. The number of nitrogens with one attached hydrogen (secondary N) is 1. The van der Waals surface area contributed by atoms with Crippen molar-refractivity contribution in [3.05, 3.63) is 57.7 Å². The van der Waals surface area contributed by atoms with E-state index in [1.54, 1.807) is 0 Å². The van der Waals surface area contributed by atoms with E-state index >= 15 is 0 Å². The van der Waals surface area contributed by atoms with Crippen LogP contribution in [0.25, 0.3) is 0 Å². The van der Waals surface area contributed by atoms with Crippen molar-refractivity contribution < 1.29 is 4.74 Å². The summed E-state index contributed by atoms with van der Waals surface area (Å²) in [5.41, 5.74) is 2.27. The smallest absolute Gasteiger partial charge is 0.174 e. The van der Waals surface area contributed by atoms with E-state index in [2.05, 4.69) is 59.1 Å². The maximum Gasteiger partial charge on any atom is 0.174 e. The molecule has 0 saturated heterocycles. The van der Waals surface area contributed by atoms with Gasteiger partial charge in [0, 0.05) is 15.3 Å². The van der Waals surface area contributed by atoms with Crippen LogP contribution in [-0.2, 0) is 0 Å². The highest BCUT2D eigenvalue weighted by Gasteiger charge is 2.05. The predicted octanol–water partition coefficient (Wildman–Crippen LogP) is 4.37. The number of hydrogen-bond donors (Lipinski definition) is 1. The molecule has 0 fully saturated rings. The van der Waals surface area contributed by atoms with Gasteiger partial charge in [-0.1, -0.05) is 12.1 Å². The zero-order valence-electron chi connectivity index (χ0n) is 11.1. The van der Waals surface area contributed by atoms with Crippen molar-refractivity contribution in [2.45, 2.75) is 13.0 Å². The molecule has 0 aliphatic carbocycles. The summed E-state index contributed by atoms with van der Waals surface area (Å²) in [6.07, 6.45) is 0. The second-order valence-electron chi connectivity index (χ2n) is 4.39. The fourth-order valence-corrected chi connectivity index (χ4v) is 2.21. The van der Waals surface area contributed by atoms with E-state index in [9.17, 15) is 0 Å². The molecule has 0 aromatic heterocycles. The molecule has 3 nitrogen and oxygen atoms in total. The van der Waals surface area contributed by atoms with E-state index in [0.717, 1.165) is 11.4 Å². The van der Waals surface area contributed by atoms with Gasteiger partial charge in [-0.25, -0.2) is 0 Å². The Morgan fingerprint density at radius 2 is 1.80 bits per heavy atom. The fourth-order valence-electron chi connectivity index (χ4n) is 1.85. The molecular weight excluding hydrogens is 363 g/mol. The molecule has 0 aliphatic rings. The van der Waals surface area contributed by atoms with Crippen molar-refractivity contribution >= 4 is 28.3 Å². The lowest BCUT2D eigenvalue weighted by molar-refractivity contribution is 0.368. The van der Waals surface area contributed by atoms with Crippen LogP contribution in [0.5, 0.6) is 5.75 Å². The van der Waals surface area contributed by atoms with Crippen LogP contribution in [0.2, 0.25) is 0 Å². The average molecular weight is 378 g/mol. The van der Waals surface area contributed by atoms with E-state index in [-0.39, 0.29) is 12.6 Å². The maximum atomic E-state index is 8.47. The van der Waals surface area contributed by atoms with Gasteiger partial charge in [0.25, 0.3) is 0 Å². The zero-order valence-corrected chi connectivity index (χ0v) is 13.3. The van der Waals surface area contributed by atoms with Gasteiger partial charge in [0.2, 0.25) is 0 Å². The van der Waals surface area contributed by atoms with Gasteiger partial charge in [-0.3, -0.25) is 0 Å². The van der Waals surface area contributed by atoms with Gasteiger partial charge in [-0.2, -0.15) is 5.26 Å². The monoisotopic (exact) mass is 378 g/mol. The first-order chi connectivity index (χ1) is 9.69. The Kier molecular flexibility index (Phi) is 5.24. The molecular formula is C16H15IN2O. The summed E-state index contributed by atoms with van der Waals surface area (Å²) in [5.74, 6) is 0.719. The maximum absolute atomic E-state index is 8.47. The summed E-state index contributed by atoms with van der Waals surface area (Å²) in [5, 5.41) is 11.9. The highest BCUT2D eigenvalue weighted by Crippen LogP contribution is 2.22. The van der Waals surface area contributed by atoms with Crippen LogP contribution in [0.4, 0.5) is 5.69 Å². The lowest BCUT2D eigenvalue weighted by Gasteiger charge is -2.16. The van der Waals surface area contributed by atoms with Gasteiger partial charge >= 0.3 is 0 Å². The minimum Gasteiger partial charge on any atom is -0.479 e. The lowest BCUT2D eigenvalue weighted by atomic mass is 10.1. The summed E-state index contributed by atoms with van der Waals surface area (Å²) in [7, 11) is 0. The van der Waals surface area contributed by atoms with Crippen molar-refractivity contribution in [2.75, 3.05) is 11.9 Å². The Hall–Kier alpha value is -1.74. The highest BCUT2D eigenvalue weighted by molar-refractivity contribution is 14.1. The predicted molar refractivity (Wildman–Crippen MR) is 88.7 cm³/mol. The third-order valence-electron chi connectivity index (χ3n) is 2.91. The van der Waals surface area contributed by atoms with E-state index in [1.807, 2.05) is 30.3 Å². The number of rotatable bonds is 5. The highest BCUT2D eigenvalue weighted by atomic mass is 127. The second-order valence-corrected chi connectivity index (χ2v) is 5.63. The van der Waals surface area contributed by atoms with Gasteiger partial charge in [0.15, 0.2) is 6.61 Å². The largest absolute Gasteiger partial charge is 0.479 e. The minimum atomic E-state index is 0.0792. The van der Waals surface area contributed by atoms with E-state index in [1.165, 1.54) is 9.13 Å². The summed E-state index contributed by atoms with van der Waals surface area (Å²) in [6.45, 7) is 2.19. The van der Waals surface area contributed by atoms with Gasteiger partial charge in [0.05, 0.1) is 0 Å². The quantitative estimate of drug-likeness (QED) is 0.787. The molecule has 102 valence electrons. The van der Waals surface area contributed by atoms with Gasteiger partial charge < -0.3 is 10.1 Å². The number of nitriles is 1. The second kappa shape index (κ2) is 7.15. The normalized spacial score (nSPS) is 11.4. The van der Waals surface area contributed by atoms with Gasteiger partial charge in [-0.15, -0.1) is 0 Å². The molecule has 2 aromatic rings. The minimum absolute atomic E-state index is 0.0792. The van der Waals surface area contributed by atoms with Crippen molar-refractivity contribution in [3.8, 4) is 11.8 Å². The van der Waals surface area contributed by atoms with Crippen LogP contribution in [0, 0.1) is 14.9 Å². The molecule has 0 heterocycles. The first-order valence-corrected chi connectivity index (χ1v) is 7.39. The third kappa shape index (κ3) is 4.14. The first kappa shape index (κ1) is 14.7. The van der Waals surface area contributed by atoms with E-state index < -0.39 is 0 Å². The standard InChI is InChI=1S/C16H15IN2O/c1-12(19-15-6-4-14(17)5-7-15)13-2-8-16(9-3-13)20-11-10-18/h2-9,12,19H,11H2,1H3. The van der Waals surface area contributed by atoms with Crippen LogP contribution in [0.1, 0.15) is 18.5 Å². The molecule has 2 aromatic carbocycles. The molecule has 1 unspecified atom stereocenters. The lowest BCUT2D eigenvalue weighted by Crippen LogP contribution is -2.06. The number of halogens is 1. The first-order valence-electron chi connectivity index (χ1n) is 6.31. The molecule has 2 rings (SSSR count). The number of ether oxygens (including phenoxy) is 1. The Labute approximate surface area is 132 Å². The number of hydrogen-bond acceptors (Lipinski definition) is 3. The topological polar surface area (TPSA) is 45.0 Å². The summed E-state index contributed by atoms with van der Waals surface area (Å²) in [6, 6.07) is 18.3. The van der Waals surface area contributed by atoms with Crippen LogP contribution >= 0.6 is 22.6 Å². The number of benzene rings is 2. The number of anilines is 1. The summed E-state index contributed by atoms with van der Waals surface area (Å²) < 4.78 is 6.46. The van der Waals surface area contributed by atoms with E-state index in [4.69, 9.17) is 10.00 Å². The molecule has 4 heteroatoms. The van der Waals surface area contributed by atoms with Crippen molar-refractivity contribution in [1.82, 2.24) is 0 Å². The van der Waals surface area contributed by atoms with E-state index in [0.29, 0.717) is 0 Å². The van der Waals surface area contributed by atoms with Crippen LogP contribution in [-0.4, -0.2) is 6.61 Å². The Morgan fingerprint density at radius 1 is 1.15 bits per heavy atom. The molecule has 1 atom stereocenters.